The molecular weight excluding hydrogens is 356 g/mol. The molecule has 1 saturated heterocycles. The predicted octanol–water partition coefficient (Wildman–Crippen LogP) is 3.46. The van der Waals surface area contributed by atoms with Crippen molar-refractivity contribution in [1.29, 1.82) is 0 Å². The van der Waals surface area contributed by atoms with Gasteiger partial charge in [-0.3, -0.25) is 14.9 Å². The molecule has 0 radical (unpaired) electrons. The van der Waals surface area contributed by atoms with Crippen LogP contribution < -0.4 is 10.2 Å². The first-order valence-electron chi connectivity index (χ1n) is 9.08. The molecule has 0 aliphatic carbocycles. The molecular formula is C21H20N4O3. The SMILES string of the molecule is Cc1ccc(C(=O)Nc2nnc(C3CC(=O)N(c4ccc(C)cc4)C3)o2)cc1. The van der Waals surface area contributed by atoms with Gasteiger partial charge in [0.25, 0.3) is 5.91 Å². The second kappa shape index (κ2) is 7.26. The Balaban J connectivity index is 1.44. The van der Waals surface area contributed by atoms with Crippen LogP contribution in [0.15, 0.2) is 52.9 Å². The van der Waals surface area contributed by atoms with Crippen LogP contribution in [0.25, 0.3) is 0 Å². The minimum absolute atomic E-state index is 0.0114. The van der Waals surface area contributed by atoms with Crippen molar-refractivity contribution in [3.63, 3.8) is 0 Å². The molecule has 1 aromatic heterocycles. The minimum Gasteiger partial charge on any atom is -0.407 e. The lowest BCUT2D eigenvalue weighted by Crippen LogP contribution is -2.24. The van der Waals surface area contributed by atoms with Gasteiger partial charge < -0.3 is 9.32 Å². The van der Waals surface area contributed by atoms with Crippen LogP contribution in [0.4, 0.5) is 11.7 Å². The molecule has 1 N–H and O–H groups in total. The number of anilines is 2. The van der Waals surface area contributed by atoms with Crippen LogP contribution in [0, 0.1) is 13.8 Å². The van der Waals surface area contributed by atoms with Gasteiger partial charge in [-0.05, 0) is 38.1 Å². The maximum Gasteiger partial charge on any atom is 0.322 e. The van der Waals surface area contributed by atoms with E-state index in [1.807, 2.05) is 50.2 Å². The highest BCUT2D eigenvalue weighted by atomic mass is 16.4. The Bertz CT molecular complexity index is 1010. The number of hydrogen-bond acceptors (Lipinski definition) is 5. The van der Waals surface area contributed by atoms with Gasteiger partial charge >= 0.3 is 6.01 Å². The number of carbonyl (C=O) groups is 2. The highest BCUT2D eigenvalue weighted by molar-refractivity contribution is 6.03. The summed E-state index contributed by atoms with van der Waals surface area (Å²) in [6.45, 7) is 4.42. The first-order chi connectivity index (χ1) is 13.5. The number of hydrogen-bond donors (Lipinski definition) is 1. The van der Waals surface area contributed by atoms with Crippen molar-refractivity contribution >= 4 is 23.5 Å². The lowest BCUT2D eigenvalue weighted by atomic mass is 10.1. The van der Waals surface area contributed by atoms with E-state index in [9.17, 15) is 9.59 Å². The molecule has 4 rings (SSSR count). The molecule has 1 atom stereocenters. The van der Waals surface area contributed by atoms with Crippen LogP contribution in [-0.2, 0) is 4.79 Å². The van der Waals surface area contributed by atoms with Crippen molar-refractivity contribution in [2.24, 2.45) is 0 Å². The Kier molecular flexibility index (Phi) is 4.65. The van der Waals surface area contributed by atoms with Gasteiger partial charge in [-0.2, -0.15) is 0 Å². The number of aromatic nitrogens is 2. The maximum atomic E-state index is 12.4. The van der Waals surface area contributed by atoms with E-state index in [2.05, 4.69) is 15.5 Å². The van der Waals surface area contributed by atoms with Crippen molar-refractivity contribution in [3.8, 4) is 0 Å². The largest absolute Gasteiger partial charge is 0.407 e. The van der Waals surface area contributed by atoms with Gasteiger partial charge in [-0.15, -0.1) is 5.10 Å². The molecule has 1 aliphatic rings. The smallest absolute Gasteiger partial charge is 0.322 e. The summed E-state index contributed by atoms with van der Waals surface area (Å²) < 4.78 is 5.60. The summed E-state index contributed by atoms with van der Waals surface area (Å²) in [6, 6.07) is 15.0. The van der Waals surface area contributed by atoms with Crippen molar-refractivity contribution in [3.05, 3.63) is 71.1 Å². The topological polar surface area (TPSA) is 88.3 Å². The molecule has 1 aliphatic heterocycles. The zero-order chi connectivity index (χ0) is 19.7. The van der Waals surface area contributed by atoms with Gasteiger partial charge in [0, 0.05) is 24.2 Å². The van der Waals surface area contributed by atoms with Crippen molar-refractivity contribution in [2.75, 3.05) is 16.8 Å². The minimum atomic E-state index is -0.320. The third-order valence-corrected chi connectivity index (χ3v) is 4.79. The fourth-order valence-electron chi connectivity index (χ4n) is 3.17. The molecule has 0 saturated carbocycles. The Labute approximate surface area is 162 Å². The third kappa shape index (κ3) is 3.64. The second-order valence-electron chi connectivity index (χ2n) is 7.01. The maximum absolute atomic E-state index is 12.4. The molecule has 7 nitrogen and oxygen atoms in total. The highest BCUT2D eigenvalue weighted by Gasteiger charge is 2.35. The Morgan fingerprint density at radius 2 is 1.68 bits per heavy atom. The zero-order valence-corrected chi connectivity index (χ0v) is 15.7. The van der Waals surface area contributed by atoms with Gasteiger partial charge in [0.1, 0.15) is 0 Å². The molecule has 1 unspecified atom stereocenters. The molecule has 3 aromatic rings. The van der Waals surface area contributed by atoms with Crippen LogP contribution in [0.5, 0.6) is 0 Å². The number of amides is 2. The van der Waals surface area contributed by atoms with Gasteiger partial charge in [0.15, 0.2) is 0 Å². The summed E-state index contributed by atoms with van der Waals surface area (Å²) in [5.74, 6) is -0.162. The standard InChI is InChI=1S/C21H20N4O3/c1-13-3-7-15(8-4-13)19(27)22-21-24-23-20(28-21)16-11-18(26)25(12-16)17-9-5-14(2)6-10-17/h3-10,16H,11-12H2,1-2H3,(H,22,24,27). The van der Waals surface area contributed by atoms with E-state index in [1.165, 1.54) is 0 Å². The zero-order valence-electron chi connectivity index (χ0n) is 15.7. The summed E-state index contributed by atoms with van der Waals surface area (Å²) in [4.78, 5) is 26.4. The number of nitrogens with one attached hydrogen (secondary N) is 1. The fourth-order valence-corrected chi connectivity index (χ4v) is 3.17. The average molecular weight is 376 g/mol. The molecule has 142 valence electrons. The van der Waals surface area contributed by atoms with E-state index in [0.29, 0.717) is 24.4 Å². The number of rotatable bonds is 4. The van der Waals surface area contributed by atoms with Crippen molar-refractivity contribution in [2.45, 2.75) is 26.2 Å². The van der Waals surface area contributed by atoms with Gasteiger partial charge in [0.05, 0.1) is 5.92 Å². The summed E-state index contributed by atoms with van der Waals surface area (Å²) in [5.41, 5.74) is 3.57. The van der Waals surface area contributed by atoms with Crippen molar-refractivity contribution in [1.82, 2.24) is 10.2 Å². The third-order valence-electron chi connectivity index (χ3n) is 4.79. The van der Waals surface area contributed by atoms with Crippen LogP contribution in [0.2, 0.25) is 0 Å². The quantitative estimate of drug-likeness (QED) is 0.753. The molecule has 1 fully saturated rings. The van der Waals surface area contributed by atoms with E-state index >= 15 is 0 Å². The van der Waals surface area contributed by atoms with Crippen molar-refractivity contribution < 1.29 is 14.0 Å². The molecule has 28 heavy (non-hydrogen) atoms. The molecule has 0 spiro atoms. The summed E-state index contributed by atoms with van der Waals surface area (Å²) >= 11 is 0. The Hall–Kier alpha value is -3.48. The molecule has 2 heterocycles. The van der Waals surface area contributed by atoms with E-state index in [-0.39, 0.29) is 23.7 Å². The lowest BCUT2D eigenvalue weighted by molar-refractivity contribution is -0.117. The average Bonchev–Trinajstić information content (AvgIpc) is 3.29. The first kappa shape index (κ1) is 17.9. The van der Waals surface area contributed by atoms with E-state index < -0.39 is 0 Å². The second-order valence-corrected chi connectivity index (χ2v) is 7.01. The van der Waals surface area contributed by atoms with E-state index in [0.717, 1.165) is 16.8 Å². The summed E-state index contributed by atoms with van der Waals surface area (Å²) in [6.07, 6.45) is 0.293. The number of aryl methyl sites for hydroxylation is 2. The number of benzene rings is 2. The predicted molar refractivity (Wildman–Crippen MR) is 104 cm³/mol. The van der Waals surface area contributed by atoms with Crippen LogP contribution in [0.3, 0.4) is 0 Å². The molecule has 2 aromatic carbocycles. The van der Waals surface area contributed by atoms with E-state index in [4.69, 9.17) is 4.42 Å². The van der Waals surface area contributed by atoms with Gasteiger partial charge in [0.2, 0.25) is 11.8 Å². The van der Waals surface area contributed by atoms with Crippen LogP contribution in [0.1, 0.15) is 39.7 Å². The van der Waals surface area contributed by atoms with Crippen LogP contribution in [-0.4, -0.2) is 28.6 Å². The Morgan fingerprint density at radius 3 is 2.36 bits per heavy atom. The summed E-state index contributed by atoms with van der Waals surface area (Å²) in [7, 11) is 0. The number of nitrogens with zero attached hydrogens (tertiary/aromatic N) is 3. The van der Waals surface area contributed by atoms with Gasteiger partial charge in [-0.25, -0.2) is 0 Å². The van der Waals surface area contributed by atoms with E-state index in [1.54, 1.807) is 17.0 Å². The molecule has 7 heteroatoms. The highest BCUT2D eigenvalue weighted by Crippen LogP contribution is 2.31. The Morgan fingerprint density at radius 1 is 1.04 bits per heavy atom. The first-order valence-corrected chi connectivity index (χ1v) is 9.08. The van der Waals surface area contributed by atoms with Gasteiger partial charge in [-0.1, -0.05) is 40.5 Å². The lowest BCUT2D eigenvalue weighted by Gasteiger charge is -2.16. The molecule has 2 amide bonds. The molecule has 0 bridgehead atoms. The van der Waals surface area contributed by atoms with Crippen LogP contribution >= 0.6 is 0 Å². The fraction of sp³-hybridized carbons (Fsp3) is 0.238. The normalized spacial score (nSPS) is 16.4. The monoisotopic (exact) mass is 376 g/mol. The summed E-state index contributed by atoms with van der Waals surface area (Å²) in [5, 5.41) is 10.5. The number of carbonyl (C=O) groups excluding carboxylic acids is 2.